The summed E-state index contributed by atoms with van der Waals surface area (Å²) in [5, 5.41) is 18.7. The van der Waals surface area contributed by atoms with Crippen LogP contribution < -0.4 is 9.64 Å². The zero-order valence-corrected chi connectivity index (χ0v) is 10.6. The first kappa shape index (κ1) is 13.4. The molecule has 6 heteroatoms. The van der Waals surface area contributed by atoms with Crippen molar-refractivity contribution < 1.29 is 24.5 Å². The molecular weight excluding hydrogens is 250 g/mol. The Labute approximate surface area is 110 Å². The number of rotatable bonds is 4. The van der Waals surface area contributed by atoms with Crippen LogP contribution in [0, 0.1) is 5.92 Å². The third kappa shape index (κ3) is 2.15. The van der Waals surface area contributed by atoms with Crippen molar-refractivity contribution in [3.8, 4) is 5.75 Å². The second-order valence-electron chi connectivity index (χ2n) is 4.46. The standard InChI is InChI=1S/C13H15NO5/c1-7(15)10-11(13(17)18)14(12(10)16)8-3-5-9(19-2)6-4-8/h3-7,10-11,15H,1-2H3,(H,17,18)/t7-,10?,11?/m1/s1. The van der Waals surface area contributed by atoms with Crippen molar-refractivity contribution in [1.82, 2.24) is 0 Å². The molecule has 2 N–H and O–H groups in total. The number of carboxylic acids is 1. The van der Waals surface area contributed by atoms with Crippen LogP contribution >= 0.6 is 0 Å². The van der Waals surface area contributed by atoms with Crippen LogP contribution in [0.5, 0.6) is 5.75 Å². The normalized spacial score (nSPS) is 23.7. The summed E-state index contributed by atoms with van der Waals surface area (Å²) in [4.78, 5) is 24.3. The van der Waals surface area contributed by atoms with E-state index in [2.05, 4.69) is 0 Å². The first-order chi connectivity index (χ1) is 8.97. The van der Waals surface area contributed by atoms with Crippen LogP contribution in [0.2, 0.25) is 0 Å². The van der Waals surface area contributed by atoms with Crippen molar-refractivity contribution in [1.29, 1.82) is 0 Å². The molecule has 1 aliphatic heterocycles. The predicted molar refractivity (Wildman–Crippen MR) is 67.1 cm³/mol. The van der Waals surface area contributed by atoms with Crippen LogP contribution in [0.3, 0.4) is 0 Å². The first-order valence-corrected chi connectivity index (χ1v) is 5.85. The van der Waals surface area contributed by atoms with Gasteiger partial charge in [-0.1, -0.05) is 0 Å². The minimum absolute atomic E-state index is 0.382. The minimum Gasteiger partial charge on any atom is -0.497 e. The smallest absolute Gasteiger partial charge is 0.327 e. The maximum atomic E-state index is 11.9. The lowest BCUT2D eigenvalue weighted by molar-refractivity contribution is -0.153. The molecule has 2 unspecified atom stereocenters. The summed E-state index contributed by atoms with van der Waals surface area (Å²) in [6, 6.07) is 5.51. The lowest BCUT2D eigenvalue weighted by atomic mass is 9.82. The number of aliphatic hydroxyl groups is 1. The molecule has 0 bridgehead atoms. The largest absolute Gasteiger partial charge is 0.497 e. The molecular formula is C13H15NO5. The molecule has 0 aromatic heterocycles. The summed E-state index contributed by atoms with van der Waals surface area (Å²) in [7, 11) is 1.52. The van der Waals surface area contributed by atoms with Gasteiger partial charge in [0.2, 0.25) is 5.91 Å². The minimum atomic E-state index is -1.12. The molecule has 0 saturated carbocycles. The molecule has 0 radical (unpaired) electrons. The van der Waals surface area contributed by atoms with Crippen molar-refractivity contribution in [2.45, 2.75) is 19.1 Å². The summed E-state index contributed by atoms with van der Waals surface area (Å²) in [5.41, 5.74) is 0.482. The topological polar surface area (TPSA) is 87.1 Å². The number of nitrogens with zero attached hydrogens (tertiary/aromatic N) is 1. The average molecular weight is 265 g/mol. The second kappa shape index (κ2) is 4.89. The zero-order chi connectivity index (χ0) is 14.2. The number of aliphatic carboxylic acids is 1. The highest BCUT2D eigenvalue weighted by Gasteiger charge is 2.54. The summed E-state index contributed by atoms with van der Waals surface area (Å²) < 4.78 is 5.00. The number of β-lactam (4-membered cyclic amide) rings is 1. The van der Waals surface area contributed by atoms with E-state index in [0.717, 1.165) is 0 Å². The highest BCUT2D eigenvalue weighted by Crippen LogP contribution is 2.35. The number of ether oxygens (including phenoxy) is 1. The van der Waals surface area contributed by atoms with Crippen LogP contribution in [0.15, 0.2) is 24.3 Å². The summed E-state index contributed by atoms with van der Waals surface area (Å²) >= 11 is 0. The van der Waals surface area contributed by atoms with E-state index in [0.29, 0.717) is 11.4 Å². The predicted octanol–water partition coefficient (Wildman–Crippen LogP) is 0.492. The molecule has 1 saturated heterocycles. The van der Waals surface area contributed by atoms with Crippen LogP contribution in [0.1, 0.15) is 6.92 Å². The molecule has 1 aromatic carbocycles. The summed E-state index contributed by atoms with van der Waals surface area (Å²) in [6.45, 7) is 1.42. The molecule has 1 amide bonds. The van der Waals surface area contributed by atoms with Gasteiger partial charge in [-0.3, -0.25) is 9.69 Å². The Bertz CT molecular complexity index is 496. The molecule has 6 nitrogen and oxygen atoms in total. The third-order valence-corrected chi connectivity index (χ3v) is 3.26. The van der Waals surface area contributed by atoms with Gasteiger partial charge in [0.25, 0.3) is 0 Å². The molecule has 102 valence electrons. The average Bonchev–Trinajstić information content (AvgIpc) is 2.35. The van der Waals surface area contributed by atoms with Gasteiger partial charge in [-0.15, -0.1) is 0 Å². The fourth-order valence-corrected chi connectivity index (χ4v) is 2.28. The van der Waals surface area contributed by atoms with Crippen molar-refractivity contribution in [2.75, 3.05) is 12.0 Å². The number of benzene rings is 1. The number of amides is 1. The van der Waals surface area contributed by atoms with Crippen LogP contribution in [0.4, 0.5) is 5.69 Å². The molecule has 19 heavy (non-hydrogen) atoms. The molecule has 2 rings (SSSR count). The van der Waals surface area contributed by atoms with Crippen molar-refractivity contribution in [2.24, 2.45) is 5.92 Å². The Morgan fingerprint density at radius 2 is 1.95 bits per heavy atom. The first-order valence-electron chi connectivity index (χ1n) is 5.85. The maximum Gasteiger partial charge on any atom is 0.327 e. The quantitative estimate of drug-likeness (QED) is 0.774. The van der Waals surface area contributed by atoms with E-state index in [1.807, 2.05) is 0 Å². The highest BCUT2D eigenvalue weighted by atomic mass is 16.5. The zero-order valence-electron chi connectivity index (χ0n) is 10.6. The monoisotopic (exact) mass is 265 g/mol. The van der Waals surface area contributed by atoms with E-state index in [9.17, 15) is 19.8 Å². The number of carbonyl (C=O) groups is 2. The SMILES string of the molecule is COc1ccc(N2C(=O)C([C@@H](C)O)C2C(=O)O)cc1. The fraction of sp³-hybridized carbons (Fsp3) is 0.385. The third-order valence-electron chi connectivity index (χ3n) is 3.26. The van der Waals surface area contributed by atoms with Crippen LogP contribution in [-0.4, -0.2) is 41.3 Å². The van der Waals surface area contributed by atoms with E-state index in [1.165, 1.54) is 18.9 Å². The van der Waals surface area contributed by atoms with Gasteiger partial charge in [0.1, 0.15) is 11.8 Å². The van der Waals surface area contributed by atoms with Gasteiger partial charge in [-0.05, 0) is 31.2 Å². The lowest BCUT2D eigenvalue weighted by Crippen LogP contribution is -2.67. The Morgan fingerprint density at radius 3 is 2.37 bits per heavy atom. The fourth-order valence-electron chi connectivity index (χ4n) is 2.28. The van der Waals surface area contributed by atoms with E-state index in [4.69, 9.17) is 4.74 Å². The van der Waals surface area contributed by atoms with Gasteiger partial charge < -0.3 is 14.9 Å². The molecule has 0 aliphatic carbocycles. The maximum absolute atomic E-state index is 11.9. The van der Waals surface area contributed by atoms with Crippen LogP contribution in [-0.2, 0) is 9.59 Å². The molecule has 3 atom stereocenters. The number of hydrogen-bond donors (Lipinski definition) is 2. The Kier molecular flexibility index (Phi) is 3.44. The number of carbonyl (C=O) groups excluding carboxylic acids is 1. The van der Waals surface area contributed by atoms with Crippen molar-refractivity contribution >= 4 is 17.6 Å². The Balaban J connectivity index is 2.28. The summed E-state index contributed by atoms with van der Waals surface area (Å²) in [6.07, 6.45) is -0.983. The van der Waals surface area contributed by atoms with E-state index in [-0.39, 0.29) is 5.91 Å². The van der Waals surface area contributed by atoms with Crippen LogP contribution in [0.25, 0.3) is 0 Å². The number of carboxylic acid groups (broad SMARTS) is 1. The molecule has 1 aliphatic rings. The molecule has 0 spiro atoms. The van der Waals surface area contributed by atoms with Crippen molar-refractivity contribution in [3.05, 3.63) is 24.3 Å². The van der Waals surface area contributed by atoms with Gasteiger partial charge in [-0.25, -0.2) is 4.79 Å². The molecule has 1 fully saturated rings. The second-order valence-corrected chi connectivity index (χ2v) is 4.46. The molecule has 1 aromatic rings. The van der Waals surface area contributed by atoms with Gasteiger partial charge >= 0.3 is 5.97 Å². The highest BCUT2D eigenvalue weighted by molar-refractivity contribution is 6.10. The Morgan fingerprint density at radius 1 is 1.37 bits per heavy atom. The lowest BCUT2D eigenvalue weighted by Gasteiger charge is -2.45. The van der Waals surface area contributed by atoms with Gasteiger partial charge in [0.15, 0.2) is 0 Å². The number of methoxy groups -OCH3 is 1. The van der Waals surface area contributed by atoms with Gasteiger partial charge in [0, 0.05) is 5.69 Å². The van der Waals surface area contributed by atoms with E-state index in [1.54, 1.807) is 24.3 Å². The summed E-state index contributed by atoms with van der Waals surface area (Å²) in [5.74, 6) is -1.77. The van der Waals surface area contributed by atoms with Gasteiger partial charge in [-0.2, -0.15) is 0 Å². The van der Waals surface area contributed by atoms with Crippen molar-refractivity contribution in [3.63, 3.8) is 0 Å². The number of anilines is 1. The number of hydrogen-bond acceptors (Lipinski definition) is 4. The van der Waals surface area contributed by atoms with Gasteiger partial charge in [0.05, 0.1) is 19.1 Å². The van der Waals surface area contributed by atoms with E-state index < -0.39 is 24.0 Å². The Hall–Kier alpha value is -2.08. The number of aliphatic hydroxyl groups excluding tert-OH is 1. The van der Waals surface area contributed by atoms with E-state index >= 15 is 0 Å². The molecule has 1 heterocycles.